The van der Waals surface area contributed by atoms with E-state index >= 15 is 0 Å². The van der Waals surface area contributed by atoms with E-state index in [9.17, 15) is 4.79 Å². The van der Waals surface area contributed by atoms with Gasteiger partial charge in [-0.25, -0.2) is 4.98 Å². The van der Waals surface area contributed by atoms with Gasteiger partial charge in [-0.05, 0) is 36.1 Å². The van der Waals surface area contributed by atoms with E-state index in [0.29, 0.717) is 34.2 Å². The molecule has 0 aliphatic heterocycles. The molecular formula is C16H22ClN3O. The zero-order valence-electron chi connectivity index (χ0n) is 13.0. The molecule has 0 aliphatic carbocycles. The maximum atomic E-state index is 12.0. The highest BCUT2D eigenvalue weighted by Gasteiger charge is 2.19. The molecule has 0 spiro atoms. The van der Waals surface area contributed by atoms with E-state index in [-0.39, 0.29) is 11.0 Å². The number of nitrogens with zero attached hydrogens (tertiary/aromatic N) is 1. The van der Waals surface area contributed by atoms with Gasteiger partial charge in [-0.15, -0.1) is 0 Å². The summed E-state index contributed by atoms with van der Waals surface area (Å²) < 4.78 is 0. The molecule has 1 aromatic carbocycles. The van der Waals surface area contributed by atoms with Crippen LogP contribution in [0.3, 0.4) is 0 Å². The molecule has 2 rings (SSSR count). The summed E-state index contributed by atoms with van der Waals surface area (Å²) in [6.07, 6.45) is 0. The Hall–Kier alpha value is -1.39. The Morgan fingerprint density at radius 3 is 2.76 bits per heavy atom. The molecule has 5 heteroatoms. The van der Waals surface area contributed by atoms with Gasteiger partial charge in [-0.2, -0.15) is 0 Å². The van der Waals surface area contributed by atoms with Crippen LogP contribution in [0.25, 0.3) is 10.9 Å². The molecule has 0 amide bonds. The van der Waals surface area contributed by atoms with Crippen LogP contribution in [-0.4, -0.2) is 16.5 Å². The first-order valence-electron chi connectivity index (χ1n) is 7.16. The van der Waals surface area contributed by atoms with E-state index in [1.54, 1.807) is 18.2 Å². The lowest BCUT2D eigenvalue weighted by Crippen LogP contribution is -2.30. The van der Waals surface area contributed by atoms with Crippen molar-refractivity contribution in [1.29, 1.82) is 0 Å². The molecule has 0 saturated carbocycles. The second kappa shape index (κ2) is 6.16. The van der Waals surface area contributed by atoms with Crippen molar-refractivity contribution in [1.82, 2.24) is 15.3 Å². The van der Waals surface area contributed by atoms with Crippen molar-refractivity contribution in [2.75, 3.05) is 6.54 Å². The summed E-state index contributed by atoms with van der Waals surface area (Å²) in [5.41, 5.74) is 0.759. The first-order valence-corrected chi connectivity index (χ1v) is 7.54. The summed E-state index contributed by atoms with van der Waals surface area (Å²) in [5, 5.41) is 4.49. The number of aromatic amines is 1. The summed E-state index contributed by atoms with van der Waals surface area (Å²) in [7, 11) is 0. The van der Waals surface area contributed by atoms with Gasteiger partial charge in [0.15, 0.2) is 0 Å². The van der Waals surface area contributed by atoms with Gasteiger partial charge in [-0.3, -0.25) is 4.79 Å². The largest absolute Gasteiger partial charge is 0.310 e. The Balaban J connectivity index is 2.11. The number of aromatic nitrogens is 2. The number of benzene rings is 1. The minimum absolute atomic E-state index is 0.127. The van der Waals surface area contributed by atoms with Crippen LogP contribution in [0, 0.1) is 11.3 Å². The molecule has 0 radical (unpaired) electrons. The number of rotatable bonds is 4. The van der Waals surface area contributed by atoms with Gasteiger partial charge >= 0.3 is 0 Å². The predicted octanol–water partition coefficient (Wildman–Crippen LogP) is 3.35. The second-order valence-corrected chi connectivity index (χ2v) is 7.01. The van der Waals surface area contributed by atoms with Crippen molar-refractivity contribution in [3.8, 4) is 0 Å². The smallest absolute Gasteiger partial charge is 0.258 e. The SMILES string of the molecule is CC(CNCc1nc2cc(Cl)ccc2c(=O)[nH]1)C(C)(C)C. The number of H-pyrrole nitrogens is 1. The highest BCUT2D eigenvalue weighted by atomic mass is 35.5. The first kappa shape index (κ1) is 16.0. The van der Waals surface area contributed by atoms with E-state index in [0.717, 1.165) is 6.54 Å². The monoisotopic (exact) mass is 307 g/mol. The van der Waals surface area contributed by atoms with E-state index in [2.05, 4.69) is 43.0 Å². The van der Waals surface area contributed by atoms with Gasteiger partial charge in [0.1, 0.15) is 5.82 Å². The molecule has 2 aromatic rings. The summed E-state index contributed by atoms with van der Waals surface area (Å²) in [4.78, 5) is 19.3. The summed E-state index contributed by atoms with van der Waals surface area (Å²) >= 11 is 5.95. The van der Waals surface area contributed by atoms with Crippen LogP contribution in [0.1, 0.15) is 33.5 Å². The average molecular weight is 308 g/mol. The fourth-order valence-corrected chi connectivity index (χ4v) is 2.12. The average Bonchev–Trinajstić information content (AvgIpc) is 2.36. The van der Waals surface area contributed by atoms with Crippen LogP contribution in [-0.2, 0) is 6.54 Å². The van der Waals surface area contributed by atoms with Crippen molar-refractivity contribution in [2.45, 2.75) is 34.2 Å². The van der Waals surface area contributed by atoms with Gasteiger partial charge in [0, 0.05) is 5.02 Å². The van der Waals surface area contributed by atoms with Crippen LogP contribution >= 0.6 is 11.6 Å². The fraction of sp³-hybridized carbons (Fsp3) is 0.500. The Morgan fingerprint density at radius 1 is 1.38 bits per heavy atom. The summed E-state index contributed by atoms with van der Waals surface area (Å²) in [6, 6.07) is 5.11. The summed E-state index contributed by atoms with van der Waals surface area (Å²) in [6.45, 7) is 10.3. The third kappa shape index (κ3) is 4.05. The number of hydrogen-bond donors (Lipinski definition) is 2. The van der Waals surface area contributed by atoms with E-state index in [1.807, 2.05) is 0 Å². The lowest BCUT2D eigenvalue weighted by molar-refractivity contribution is 0.252. The van der Waals surface area contributed by atoms with E-state index < -0.39 is 0 Å². The van der Waals surface area contributed by atoms with Crippen LogP contribution in [0.5, 0.6) is 0 Å². The zero-order chi connectivity index (χ0) is 15.6. The molecule has 1 heterocycles. The first-order chi connectivity index (χ1) is 9.77. The van der Waals surface area contributed by atoms with Gasteiger partial charge in [0.05, 0.1) is 17.4 Å². The Bertz CT molecular complexity index is 688. The Kier molecular flexibility index (Phi) is 4.69. The highest BCUT2D eigenvalue weighted by molar-refractivity contribution is 6.31. The van der Waals surface area contributed by atoms with Crippen LogP contribution in [0.4, 0.5) is 0 Å². The summed E-state index contributed by atoms with van der Waals surface area (Å²) in [5.74, 6) is 1.16. The molecule has 1 aromatic heterocycles. The van der Waals surface area contributed by atoms with Crippen molar-refractivity contribution >= 4 is 22.5 Å². The van der Waals surface area contributed by atoms with Crippen LogP contribution in [0.15, 0.2) is 23.0 Å². The quantitative estimate of drug-likeness (QED) is 0.910. The van der Waals surface area contributed by atoms with Gasteiger partial charge in [-0.1, -0.05) is 39.3 Å². The van der Waals surface area contributed by atoms with Gasteiger partial charge in [0.2, 0.25) is 0 Å². The van der Waals surface area contributed by atoms with Crippen LogP contribution < -0.4 is 10.9 Å². The lowest BCUT2D eigenvalue weighted by Gasteiger charge is -2.27. The molecule has 114 valence electrons. The molecule has 1 unspecified atom stereocenters. The zero-order valence-corrected chi connectivity index (χ0v) is 13.7. The fourth-order valence-electron chi connectivity index (χ4n) is 1.96. The third-order valence-corrected chi connectivity index (χ3v) is 4.17. The molecule has 21 heavy (non-hydrogen) atoms. The standard InChI is InChI=1S/C16H22ClN3O/c1-10(16(2,3)4)8-18-9-14-19-13-7-11(17)5-6-12(13)15(21)20-14/h5-7,10,18H,8-9H2,1-4H3,(H,19,20,21). The Morgan fingerprint density at radius 2 is 2.10 bits per heavy atom. The van der Waals surface area contributed by atoms with E-state index in [4.69, 9.17) is 11.6 Å². The van der Waals surface area contributed by atoms with E-state index in [1.165, 1.54) is 0 Å². The van der Waals surface area contributed by atoms with Crippen molar-refractivity contribution in [3.63, 3.8) is 0 Å². The maximum Gasteiger partial charge on any atom is 0.258 e. The normalized spacial score (nSPS) is 13.6. The third-order valence-electron chi connectivity index (χ3n) is 3.94. The number of fused-ring (bicyclic) bond motifs is 1. The molecule has 1 atom stereocenters. The van der Waals surface area contributed by atoms with Crippen molar-refractivity contribution < 1.29 is 0 Å². The van der Waals surface area contributed by atoms with Gasteiger partial charge in [0.25, 0.3) is 5.56 Å². The minimum Gasteiger partial charge on any atom is -0.310 e. The lowest BCUT2D eigenvalue weighted by atomic mass is 9.82. The maximum absolute atomic E-state index is 12.0. The number of halogens is 1. The topological polar surface area (TPSA) is 57.8 Å². The number of nitrogens with one attached hydrogen (secondary N) is 2. The molecule has 0 bridgehead atoms. The second-order valence-electron chi connectivity index (χ2n) is 6.57. The Labute approximate surface area is 129 Å². The van der Waals surface area contributed by atoms with Gasteiger partial charge < -0.3 is 10.3 Å². The van der Waals surface area contributed by atoms with Crippen molar-refractivity contribution in [2.24, 2.45) is 11.3 Å². The molecule has 0 saturated heterocycles. The molecule has 4 nitrogen and oxygen atoms in total. The molecule has 0 aliphatic rings. The highest BCUT2D eigenvalue weighted by Crippen LogP contribution is 2.24. The van der Waals surface area contributed by atoms with Crippen LogP contribution in [0.2, 0.25) is 5.02 Å². The predicted molar refractivity (Wildman–Crippen MR) is 87.7 cm³/mol. The molecule has 2 N–H and O–H groups in total. The number of hydrogen-bond acceptors (Lipinski definition) is 3. The van der Waals surface area contributed by atoms with Crippen molar-refractivity contribution in [3.05, 3.63) is 39.4 Å². The minimum atomic E-state index is -0.127. The molecular weight excluding hydrogens is 286 g/mol. The molecule has 0 fully saturated rings.